The van der Waals surface area contributed by atoms with Gasteiger partial charge in [-0.15, -0.1) is 0 Å². The third-order valence-electron chi connectivity index (χ3n) is 2.79. The summed E-state index contributed by atoms with van der Waals surface area (Å²) >= 11 is 0. The van der Waals surface area contributed by atoms with Crippen LogP contribution in [0.3, 0.4) is 0 Å². The third-order valence-corrected chi connectivity index (χ3v) is 2.79. The van der Waals surface area contributed by atoms with Crippen molar-refractivity contribution >= 4 is 23.4 Å². The molecule has 0 N–H and O–H groups in total. The number of Topliss-reactive ketones (excluding diaryl/α,β-unsaturated/α-hetero) is 1. The molecule has 0 aliphatic rings. The van der Waals surface area contributed by atoms with Gasteiger partial charge in [0.25, 0.3) is 5.69 Å². The Hall–Kier alpha value is -3.22. The van der Waals surface area contributed by atoms with Crippen molar-refractivity contribution in [3.63, 3.8) is 0 Å². The Kier molecular flexibility index (Phi) is 4.81. The van der Waals surface area contributed by atoms with E-state index in [9.17, 15) is 19.7 Å². The topological polar surface area (TPSA) is 102 Å². The maximum Gasteiger partial charge on any atom is 0.271 e. The summed E-state index contributed by atoms with van der Waals surface area (Å²) in [4.78, 5) is 33.2. The molecule has 1 unspecified atom stereocenters. The van der Waals surface area contributed by atoms with Crippen molar-refractivity contribution in [3.8, 4) is 0 Å². The number of rotatable bonds is 6. The van der Waals surface area contributed by atoms with Gasteiger partial charge in [0.05, 0.1) is 10.6 Å². The van der Waals surface area contributed by atoms with E-state index in [1.807, 2.05) is 0 Å². The molecule has 0 saturated heterocycles. The van der Waals surface area contributed by atoms with E-state index in [0.717, 1.165) is 0 Å². The van der Waals surface area contributed by atoms with E-state index in [4.69, 9.17) is 0 Å². The van der Waals surface area contributed by atoms with E-state index in [2.05, 4.69) is 10.2 Å². The predicted molar refractivity (Wildman–Crippen MR) is 78.2 cm³/mol. The lowest BCUT2D eigenvalue weighted by atomic mass is 10.1. The van der Waals surface area contributed by atoms with Gasteiger partial charge in [0.1, 0.15) is 0 Å². The minimum atomic E-state index is -1.28. The van der Waals surface area contributed by atoms with Gasteiger partial charge < -0.3 is 4.79 Å². The van der Waals surface area contributed by atoms with Gasteiger partial charge in [-0.25, -0.2) is 0 Å². The molecular weight excluding hydrogens is 286 g/mol. The second-order valence-corrected chi connectivity index (χ2v) is 4.30. The standard InChI is InChI=1S/C15H11N3O4/c19-10-14(15(20)11-5-2-1-3-6-11)17-16-12-7-4-8-13(9-12)18(21)22/h1-10,14H. The van der Waals surface area contributed by atoms with Crippen LogP contribution in [-0.2, 0) is 4.79 Å². The molecule has 110 valence electrons. The molecule has 7 nitrogen and oxygen atoms in total. The highest BCUT2D eigenvalue weighted by atomic mass is 16.6. The minimum Gasteiger partial charge on any atom is -0.300 e. The van der Waals surface area contributed by atoms with Crippen LogP contribution in [-0.4, -0.2) is 23.0 Å². The van der Waals surface area contributed by atoms with Crippen molar-refractivity contribution in [1.82, 2.24) is 0 Å². The van der Waals surface area contributed by atoms with Crippen LogP contribution in [0.5, 0.6) is 0 Å². The summed E-state index contributed by atoms with van der Waals surface area (Å²) in [6.07, 6.45) is 0.385. The molecule has 2 rings (SSSR count). The van der Waals surface area contributed by atoms with Crippen molar-refractivity contribution in [2.75, 3.05) is 0 Å². The Labute approximate surface area is 125 Å². The molecular formula is C15H11N3O4. The smallest absolute Gasteiger partial charge is 0.271 e. The number of hydrogen-bond acceptors (Lipinski definition) is 6. The van der Waals surface area contributed by atoms with Gasteiger partial charge in [0.2, 0.25) is 0 Å². The van der Waals surface area contributed by atoms with E-state index in [-0.39, 0.29) is 11.4 Å². The molecule has 0 heterocycles. The molecule has 1 atom stereocenters. The first kappa shape index (κ1) is 15.2. The number of ketones is 1. The van der Waals surface area contributed by atoms with Gasteiger partial charge in [0.15, 0.2) is 18.1 Å². The molecule has 22 heavy (non-hydrogen) atoms. The lowest BCUT2D eigenvalue weighted by Gasteiger charge is -2.03. The fourth-order valence-corrected chi connectivity index (χ4v) is 1.71. The highest BCUT2D eigenvalue weighted by Gasteiger charge is 2.18. The van der Waals surface area contributed by atoms with Crippen molar-refractivity contribution < 1.29 is 14.5 Å². The molecule has 0 fully saturated rings. The number of non-ortho nitro benzene ring substituents is 1. The number of carbonyl (C=O) groups is 2. The molecule has 0 aliphatic heterocycles. The Morgan fingerprint density at radius 3 is 2.50 bits per heavy atom. The largest absolute Gasteiger partial charge is 0.300 e. The summed E-state index contributed by atoms with van der Waals surface area (Å²) in [7, 11) is 0. The van der Waals surface area contributed by atoms with Crippen molar-refractivity contribution in [2.45, 2.75) is 6.04 Å². The summed E-state index contributed by atoms with van der Waals surface area (Å²) in [5.74, 6) is -0.482. The normalized spacial score (nSPS) is 12.0. The molecule has 7 heteroatoms. The minimum absolute atomic E-state index is 0.145. The molecule has 0 radical (unpaired) electrons. The highest BCUT2D eigenvalue weighted by molar-refractivity contribution is 6.08. The maximum absolute atomic E-state index is 12.1. The number of aldehydes is 1. The molecule has 0 aliphatic carbocycles. The van der Waals surface area contributed by atoms with Gasteiger partial charge in [0, 0.05) is 17.7 Å². The number of benzene rings is 2. The van der Waals surface area contributed by atoms with Crippen molar-refractivity contribution in [2.24, 2.45) is 10.2 Å². The van der Waals surface area contributed by atoms with Gasteiger partial charge in [-0.05, 0) is 6.07 Å². The average molecular weight is 297 g/mol. The molecule has 0 amide bonds. The second-order valence-electron chi connectivity index (χ2n) is 4.30. The fraction of sp³-hybridized carbons (Fsp3) is 0.0667. The number of hydrogen-bond donors (Lipinski definition) is 0. The van der Waals surface area contributed by atoms with Crippen molar-refractivity contribution in [3.05, 3.63) is 70.3 Å². The van der Waals surface area contributed by atoms with Gasteiger partial charge in [-0.3, -0.25) is 14.9 Å². The van der Waals surface area contributed by atoms with Crippen LogP contribution in [0.2, 0.25) is 0 Å². The number of carbonyl (C=O) groups excluding carboxylic acids is 2. The van der Waals surface area contributed by atoms with Crippen LogP contribution < -0.4 is 0 Å². The van der Waals surface area contributed by atoms with Crippen molar-refractivity contribution in [1.29, 1.82) is 0 Å². The second kappa shape index (κ2) is 6.98. The summed E-state index contributed by atoms with van der Waals surface area (Å²) in [6, 6.07) is 12.4. The third kappa shape index (κ3) is 3.66. The van der Waals surface area contributed by atoms with Crippen LogP contribution in [0.25, 0.3) is 0 Å². The zero-order valence-electron chi connectivity index (χ0n) is 11.3. The average Bonchev–Trinajstić information content (AvgIpc) is 2.56. The molecule has 0 saturated carbocycles. The lowest BCUT2D eigenvalue weighted by Crippen LogP contribution is -2.19. The van der Waals surface area contributed by atoms with E-state index in [1.165, 1.54) is 24.3 Å². The summed E-state index contributed by atoms with van der Waals surface area (Å²) in [6.45, 7) is 0. The lowest BCUT2D eigenvalue weighted by molar-refractivity contribution is -0.384. The molecule has 2 aromatic rings. The number of azo groups is 1. The Morgan fingerprint density at radius 1 is 1.14 bits per heavy atom. The van der Waals surface area contributed by atoms with E-state index >= 15 is 0 Å². The number of nitro benzene ring substituents is 1. The fourth-order valence-electron chi connectivity index (χ4n) is 1.71. The zero-order valence-corrected chi connectivity index (χ0v) is 11.3. The summed E-state index contributed by atoms with van der Waals surface area (Å²) in [5.41, 5.74) is 0.396. The van der Waals surface area contributed by atoms with Gasteiger partial charge in [-0.1, -0.05) is 36.4 Å². The zero-order chi connectivity index (χ0) is 15.9. The molecule has 2 aromatic carbocycles. The van der Waals surface area contributed by atoms with Crippen LogP contribution in [0.4, 0.5) is 11.4 Å². The van der Waals surface area contributed by atoms with Gasteiger partial charge >= 0.3 is 0 Å². The number of nitrogens with zero attached hydrogens (tertiary/aromatic N) is 3. The van der Waals surface area contributed by atoms with E-state index in [1.54, 1.807) is 30.3 Å². The Morgan fingerprint density at radius 2 is 1.86 bits per heavy atom. The first-order valence-electron chi connectivity index (χ1n) is 6.31. The Bertz CT molecular complexity index is 729. The summed E-state index contributed by atoms with van der Waals surface area (Å²) in [5, 5.41) is 18.1. The quantitative estimate of drug-likeness (QED) is 0.204. The molecule has 0 aromatic heterocycles. The first-order chi connectivity index (χ1) is 10.6. The molecule has 0 bridgehead atoms. The number of nitro groups is 1. The van der Waals surface area contributed by atoms with E-state index < -0.39 is 16.7 Å². The SMILES string of the molecule is O=CC(N=Nc1cccc([N+](=O)[O-])c1)C(=O)c1ccccc1. The van der Waals surface area contributed by atoms with Gasteiger partial charge in [-0.2, -0.15) is 10.2 Å². The van der Waals surface area contributed by atoms with Crippen LogP contribution in [0.15, 0.2) is 64.8 Å². The van der Waals surface area contributed by atoms with E-state index in [0.29, 0.717) is 11.8 Å². The monoisotopic (exact) mass is 297 g/mol. The van der Waals surface area contributed by atoms with Crippen LogP contribution >= 0.6 is 0 Å². The van der Waals surface area contributed by atoms with Crippen LogP contribution in [0, 0.1) is 10.1 Å². The summed E-state index contributed by atoms with van der Waals surface area (Å²) < 4.78 is 0. The molecule has 0 spiro atoms. The highest BCUT2D eigenvalue weighted by Crippen LogP contribution is 2.20. The maximum atomic E-state index is 12.1. The Balaban J connectivity index is 2.19. The predicted octanol–water partition coefficient (Wildman–Crippen LogP) is 3.13. The first-order valence-corrected chi connectivity index (χ1v) is 6.31. The van der Waals surface area contributed by atoms with Crippen LogP contribution in [0.1, 0.15) is 10.4 Å².